The Labute approximate surface area is 104 Å². The van der Waals surface area contributed by atoms with E-state index in [2.05, 4.69) is 10.6 Å². The molecule has 2 aliphatic rings. The first-order chi connectivity index (χ1) is 8.70. The van der Waals surface area contributed by atoms with E-state index in [1.165, 1.54) is 13.2 Å². The number of piperidine rings is 1. The van der Waals surface area contributed by atoms with Gasteiger partial charge in [-0.2, -0.15) is 0 Å². The smallest absolute Gasteiger partial charge is 0.311 e. The van der Waals surface area contributed by atoms with Crippen molar-refractivity contribution in [2.24, 2.45) is 11.8 Å². The highest BCUT2D eigenvalue weighted by atomic mass is 16.6. The van der Waals surface area contributed by atoms with Crippen molar-refractivity contribution in [2.45, 2.75) is 6.04 Å². The minimum Gasteiger partial charge on any atom is -0.490 e. The fourth-order valence-corrected chi connectivity index (χ4v) is 2.74. The van der Waals surface area contributed by atoms with Crippen LogP contribution in [0, 0.1) is 22.0 Å². The lowest BCUT2D eigenvalue weighted by molar-refractivity contribution is -0.385. The number of hydrogen-bond donors (Lipinski definition) is 2. The van der Waals surface area contributed by atoms with Gasteiger partial charge in [-0.1, -0.05) is 0 Å². The van der Waals surface area contributed by atoms with Crippen molar-refractivity contribution in [1.29, 1.82) is 0 Å². The molecule has 18 heavy (non-hydrogen) atoms. The zero-order valence-corrected chi connectivity index (χ0v) is 10.1. The molecule has 6 nitrogen and oxygen atoms in total. The van der Waals surface area contributed by atoms with E-state index in [0.717, 1.165) is 18.8 Å². The summed E-state index contributed by atoms with van der Waals surface area (Å²) >= 11 is 0. The zero-order chi connectivity index (χ0) is 12.7. The molecule has 1 aliphatic carbocycles. The first-order valence-electron chi connectivity index (χ1n) is 6.00. The summed E-state index contributed by atoms with van der Waals surface area (Å²) in [7, 11) is 1.45. The van der Waals surface area contributed by atoms with Crippen LogP contribution in [0.4, 0.5) is 11.4 Å². The summed E-state index contributed by atoms with van der Waals surface area (Å²) in [6, 6.07) is 5.41. The number of ether oxygens (including phenoxy) is 1. The van der Waals surface area contributed by atoms with Crippen LogP contribution in [-0.2, 0) is 0 Å². The van der Waals surface area contributed by atoms with Gasteiger partial charge in [-0.3, -0.25) is 10.1 Å². The number of benzene rings is 1. The number of nitro benzene ring substituents is 1. The van der Waals surface area contributed by atoms with E-state index in [1.807, 2.05) is 0 Å². The lowest BCUT2D eigenvalue weighted by atomic mass is 10.2. The maximum atomic E-state index is 10.8. The Morgan fingerprint density at radius 1 is 1.44 bits per heavy atom. The van der Waals surface area contributed by atoms with Crippen LogP contribution in [0.25, 0.3) is 0 Å². The molecule has 1 aliphatic heterocycles. The Morgan fingerprint density at radius 2 is 2.17 bits per heavy atom. The van der Waals surface area contributed by atoms with E-state index >= 15 is 0 Å². The summed E-state index contributed by atoms with van der Waals surface area (Å²) in [6.07, 6.45) is 0. The predicted octanol–water partition coefficient (Wildman–Crippen LogP) is 1.23. The van der Waals surface area contributed by atoms with E-state index in [1.54, 1.807) is 12.1 Å². The molecule has 1 saturated heterocycles. The van der Waals surface area contributed by atoms with E-state index in [4.69, 9.17) is 4.74 Å². The number of nitrogens with zero attached hydrogens (tertiary/aromatic N) is 1. The largest absolute Gasteiger partial charge is 0.490 e. The average molecular weight is 249 g/mol. The highest BCUT2D eigenvalue weighted by Gasteiger charge is 2.52. The van der Waals surface area contributed by atoms with Gasteiger partial charge in [0.05, 0.1) is 12.0 Å². The van der Waals surface area contributed by atoms with Gasteiger partial charge < -0.3 is 15.4 Å². The Hall–Kier alpha value is -1.82. The van der Waals surface area contributed by atoms with Crippen LogP contribution in [-0.4, -0.2) is 31.2 Å². The summed E-state index contributed by atoms with van der Waals surface area (Å²) in [6.45, 7) is 2.12. The molecule has 2 N–H and O–H groups in total. The lowest BCUT2D eigenvalue weighted by Gasteiger charge is -2.10. The molecule has 2 atom stereocenters. The quantitative estimate of drug-likeness (QED) is 0.620. The first kappa shape index (κ1) is 11.3. The molecular formula is C12H15N3O3. The van der Waals surface area contributed by atoms with E-state index < -0.39 is 4.92 Å². The number of fused-ring (bicyclic) bond motifs is 1. The van der Waals surface area contributed by atoms with Crippen molar-refractivity contribution in [2.75, 3.05) is 25.5 Å². The van der Waals surface area contributed by atoms with Crippen molar-refractivity contribution >= 4 is 11.4 Å². The summed E-state index contributed by atoms with van der Waals surface area (Å²) in [4.78, 5) is 10.4. The van der Waals surface area contributed by atoms with Crippen LogP contribution in [0.1, 0.15) is 0 Å². The molecule has 2 fully saturated rings. The third-order valence-corrected chi connectivity index (χ3v) is 3.80. The maximum Gasteiger partial charge on any atom is 0.311 e. The van der Waals surface area contributed by atoms with Crippen LogP contribution in [0.5, 0.6) is 5.75 Å². The molecule has 0 aromatic heterocycles. The second-order valence-electron chi connectivity index (χ2n) is 4.80. The number of nitrogens with one attached hydrogen (secondary N) is 2. The molecule has 1 aromatic carbocycles. The Morgan fingerprint density at radius 3 is 2.78 bits per heavy atom. The van der Waals surface area contributed by atoms with Gasteiger partial charge in [0.25, 0.3) is 0 Å². The maximum absolute atomic E-state index is 10.8. The Balaban J connectivity index is 1.75. The molecule has 0 bridgehead atoms. The Bertz CT molecular complexity index is 481. The van der Waals surface area contributed by atoms with E-state index in [-0.39, 0.29) is 5.69 Å². The molecule has 6 heteroatoms. The molecular weight excluding hydrogens is 234 g/mol. The van der Waals surface area contributed by atoms with Crippen molar-refractivity contribution < 1.29 is 9.66 Å². The van der Waals surface area contributed by atoms with Crippen LogP contribution in [0.3, 0.4) is 0 Å². The van der Waals surface area contributed by atoms with Gasteiger partial charge in [-0.15, -0.1) is 0 Å². The molecule has 0 radical (unpaired) electrons. The third-order valence-electron chi connectivity index (χ3n) is 3.80. The van der Waals surface area contributed by atoms with Gasteiger partial charge >= 0.3 is 5.69 Å². The minimum absolute atomic E-state index is 0.000655. The highest BCUT2D eigenvalue weighted by molar-refractivity contribution is 5.59. The normalized spacial score (nSPS) is 28.6. The zero-order valence-electron chi connectivity index (χ0n) is 10.1. The predicted molar refractivity (Wildman–Crippen MR) is 66.9 cm³/mol. The van der Waals surface area contributed by atoms with E-state index in [9.17, 15) is 10.1 Å². The van der Waals surface area contributed by atoms with Crippen molar-refractivity contribution in [3.8, 4) is 5.75 Å². The number of hydrogen-bond acceptors (Lipinski definition) is 5. The summed E-state index contributed by atoms with van der Waals surface area (Å²) in [5.74, 6) is 1.70. The van der Waals surface area contributed by atoms with Gasteiger partial charge in [0.15, 0.2) is 5.75 Å². The monoisotopic (exact) mass is 249 g/mol. The standard InChI is InChI=1S/C12H15N3O3/c1-18-11-4-7(2-3-10(11)15(16)17)14-12-8-5-13-6-9(8)12/h2-4,8-9,12-14H,5-6H2,1H3. The van der Waals surface area contributed by atoms with Crippen molar-refractivity contribution in [1.82, 2.24) is 5.32 Å². The molecule has 1 aromatic rings. The van der Waals surface area contributed by atoms with Crippen LogP contribution in [0.15, 0.2) is 18.2 Å². The first-order valence-corrected chi connectivity index (χ1v) is 6.00. The third kappa shape index (κ3) is 1.78. The summed E-state index contributed by atoms with van der Waals surface area (Å²) in [5, 5.41) is 17.5. The Kier molecular flexibility index (Phi) is 2.59. The molecule has 1 heterocycles. The van der Waals surface area contributed by atoms with Gasteiger partial charge in [0, 0.05) is 37.0 Å². The fourth-order valence-electron chi connectivity index (χ4n) is 2.74. The van der Waals surface area contributed by atoms with Crippen LogP contribution in [0.2, 0.25) is 0 Å². The van der Waals surface area contributed by atoms with Crippen molar-refractivity contribution in [3.05, 3.63) is 28.3 Å². The van der Waals surface area contributed by atoms with Gasteiger partial charge in [-0.05, 0) is 17.9 Å². The molecule has 1 saturated carbocycles. The topological polar surface area (TPSA) is 76.4 Å². The number of methoxy groups -OCH3 is 1. The minimum atomic E-state index is -0.432. The number of nitro groups is 1. The van der Waals surface area contributed by atoms with Gasteiger partial charge in [0.2, 0.25) is 0 Å². The molecule has 0 amide bonds. The molecule has 3 rings (SSSR count). The summed E-state index contributed by atoms with van der Waals surface area (Å²) < 4.78 is 5.05. The van der Waals surface area contributed by atoms with Crippen LogP contribution < -0.4 is 15.4 Å². The van der Waals surface area contributed by atoms with Crippen LogP contribution >= 0.6 is 0 Å². The lowest BCUT2D eigenvalue weighted by Crippen LogP contribution is -2.21. The van der Waals surface area contributed by atoms with Crippen molar-refractivity contribution in [3.63, 3.8) is 0 Å². The SMILES string of the molecule is COc1cc(NC2C3CNCC32)ccc1[N+](=O)[O-]. The number of rotatable bonds is 4. The highest BCUT2D eigenvalue weighted by Crippen LogP contribution is 2.44. The molecule has 0 spiro atoms. The second kappa shape index (κ2) is 4.13. The van der Waals surface area contributed by atoms with Gasteiger partial charge in [0.1, 0.15) is 0 Å². The van der Waals surface area contributed by atoms with E-state index in [0.29, 0.717) is 23.6 Å². The fraction of sp³-hybridized carbons (Fsp3) is 0.500. The average Bonchev–Trinajstić information content (AvgIpc) is 2.81. The summed E-state index contributed by atoms with van der Waals surface area (Å²) in [5.41, 5.74) is 0.887. The molecule has 96 valence electrons. The second-order valence-corrected chi connectivity index (χ2v) is 4.80. The number of anilines is 1. The molecule has 2 unspecified atom stereocenters. The van der Waals surface area contributed by atoms with Gasteiger partial charge in [-0.25, -0.2) is 0 Å².